The van der Waals surface area contributed by atoms with E-state index < -0.39 is 6.09 Å². The lowest BCUT2D eigenvalue weighted by atomic mass is 9.85. The van der Waals surface area contributed by atoms with Gasteiger partial charge >= 0.3 is 6.09 Å². The van der Waals surface area contributed by atoms with Crippen molar-refractivity contribution in [1.29, 1.82) is 0 Å². The third-order valence-corrected chi connectivity index (χ3v) is 7.64. The van der Waals surface area contributed by atoms with Gasteiger partial charge in [0.25, 0.3) is 0 Å². The second-order valence-corrected chi connectivity index (χ2v) is 12.0. The molecule has 0 bridgehead atoms. The Morgan fingerprint density at radius 1 is 1.24 bits per heavy atom. The first-order valence-electron chi connectivity index (χ1n) is 13.9. The SMILES string of the molecule is CN1CC=C(c2ccc(Nc3cc(C4(C)CCCC4)nn3C(C)(C)C)nc2COCCCNC(=O)O)CC1. The fourth-order valence-corrected chi connectivity index (χ4v) is 5.35. The van der Waals surface area contributed by atoms with Gasteiger partial charge in [0.2, 0.25) is 0 Å². The predicted octanol–water partition coefficient (Wildman–Crippen LogP) is 5.50. The van der Waals surface area contributed by atoms with Crippen LogP contribution in [0, 0.1) is 0 Å². The van der Waals surface area contributed by atoms with Gasteiger partial charge in [0.1, 0.15) is 11.6 Å². The van der Waals surface area contributed by atoms with Crippen LogP contribution in [-0.2, 0) is 22.3 Å². The van der Waals surface area contributed by atoms with Crippen LogP contribution in [0.2, 0.25) is 0 Å². The summed E-state index contributed by atoms with van der Waals surface area (Å²) in [6, 6.07) is 6.40. The third-order valence-electron chi connectivity index (χ3n) is 7.64. The lowest BCUT2D eigenvalue weighted by molar-refractivity contribution is 0.115. The second kappa shape index (κ2) is 11.9. The highest BCUT2D eigenvalue weighted by atomic mass is 16.5. The van der Waals surface area contributed by atoms with Gasteiger partial charge in [-0.15, -0.1) is 0 Å². The van der Waals surface area contributed by atoms with Crippen LogP contribution in [-0.4, -0.2) is 64.2 Å². The zero-order chi connectivity index (χ0) is 27.3. The van der Waals surface area contributed by atoms with Crippen LogP contribution in [0.15, 0.2) is 24.3 Å². The molecule has 1 saturated carbocycles. The molecule has 0 aromatic carbocycles. The maximum Gasteiger partial charge on any atom is 0.404 e. The number of nitrogens with zero attached hydrogens (tertiary/aromatic N) is 4. The summed E-state index contributed by atoms with van der Waals surface area (Å²) in [5.74, 6) is 1.72. The lowest BCUT2D eigenvalue weighted by Gasteiger charge is -2.24. The average Bonchev–Trinajstić information content (AvgIpc) is 3.49. The van der Waals surface area contributed by atoms with Gasteiger partial charge in [0.05, 0.1) is 23.5 Å². The van der Waals surface area contributed by atoms with Crippen LogP contribution in [0.3, 0.4) is 0 Å². The molecule has 3 N–H and O–H groups in total. The largest absolute Gasteiger partial charge is 0.465 e. The van der Waals surface area contributed by atoms with E-state index >= 15 is 0 Å². The number of hydrogen-bond donors (Lipinski definition) is 3. The Labute approximate surface area is 226 Å². The summed E-state index contributed by atoms with van der Waals surface area (Å²) in [4.78, 5) is 18.0. The Bertz CT molecular complexity index is 1140. The first-order valence-corrected chi connectivity index (χ1v) is 13.9. The number of carbonyl (C=O) groups is 1. The van der Waals surface area contributed by atoms with E-state index in [4.69, 9.17) is 19.9 Å². The van der Waals surface area contributed by atoms with E-state index in [0.29, 0.717) is 26.2 Å². The van der Waals surface area contributed by atoms with Crippen molar-refractivity contribution in [3.8, 4) is 0 Å². The number of hydrogen-bond acceptors (Lipinski definition) is 6. The summed E-state index contributed by atoms with van der Waals surface area (Å²) in [5, 5.41) is 19.8. The van der Waals surface area contributed by atoms with Crippen molar-refractivity contribution in [3.05, 3.63) is 41.2 Å². The molecule has 2 aliphatic rings. The van der Waals surface area contributed by atoms with Gasteiger partial charge in [-0.3, -0.25) is 0 Å². The number of rotatable bonds is 10. The Morgan fingerprint density at radius 3 is 2.66 bits per heavy atom. The molecular weight excluding hydrogens is 480 g/mol. The number of ether oxygens (including phenoxy) is 1. The molecule has 208 valence electrons. The van der Waals surface area contributed by atoms with Crippen molar-refractivity contribution in [2.45, 2.75) is 83.8 Å². The molecule has 0 unspecified atom stereocenters. The summed E-state index contributed by atoms with van der Waals surface area (Å²) in [7, 11) is 2.13. The molecule has 38 heavy (non-hydrogen) atoms. The van der Waals surface area contributed by atoms with E-state index in [0.717, 1.165) is 48.1 Å². The number of anilines is 2. The van der Waals surface area contributed by atoms with Crippen LogP contribution >= 0.6 is 0 Å². The fourth-order valence-electron chi connectivity index (χ4n) is 5.35. The maximum absolute atomic E-state index is 10.7. The molecule has 9 nitrogen and oxygen atoms in total. The minimum atomic E-state index is -1.01. The molecule has 3 heterocycles. The van der Waals surface area contributed by atoms with Gasteiger partial charge in [0, 0.05) is 43.3 Å². The minimum absolute atomic E-state index is 0.124. The summed E-state index contributed by atoms with van der Waals surface area (Å²) in [6.45, 7) is 12.0. The Hall–Kier alpha value is -2.91. The van der Waals surface area contributed by atoms with Gasteiger partial charge in [0.15, 0.2) is 0 Å². The van der Waals surface area contributed by atoms with Crippen molar-refractivity contribution in [3.63, 3.8) is 0 Å². The molecule has 0 radical (unpaired) electrons. The molecular formula is C29H44N6O3. The minimum Gasteiger partial charge on any atom is -0.465 e. The quantitative estimate of drug-likeness (QED) is 0.353. The molecule has 0 saturated heterocycles. The highest BCUT2D eigenvalue weighted by Crippen LogP contribution is 2.41. The first kappa shape index (κ1) is 28.1. The summed E-state index contributed by atoms with van der Waals surface area (Å²) in [6.07, 6.45) is 7.71. The smallest absolute Gasteiger partial charge is 0.404 e. The lowest BCUT2D eigenvalue weighted by Crippen LogP contribution is -2.26. The van der Waals surface area contributed by atoms with Crippen LogP contribution in [0.25, 0.3) is 5.57 Å². The van der Waals surface area contributed by atoms with E-state index in [1.165, 1.54) is 31.3 Å². The van der Waals surface area contributed by atoms with E-state index in [9.17, 15) is 4.79 Å². The molecule has 1 amide bonds. The molecule has 1 fully saturated rings. The zero-order valence-corrected chi connectivity index (χ0v) is 23.6. The number of carboxylic acid groups (broad SMARTS) is 1. The highest BCUT2D eigenvalue weighted by Gasteiger charge is 2.35. The van der Waals surface area contributed by atoms with Crippen molar-refractivity contribution in [2.75, 3.05) is 38.6 Å². The normalized spacial score (nSPS) is 17.9. The number of aromatic nitrogens is 3. The third kappa shape index (κ3) is 6.94. The Balaban J connectivity index is 1.57. The van der Waals surface area contributed by atoms with E-state index in [2.05, 4.69) is 73.2 Å². The number of pyridine rings is 1. The van der Waals surface area contributed by atoms with E-state index in [1.807, 2.05) is 6.07 Å². The van der Waals surface area contributed by atoms with Gasteiger partial charge in [-0.25, -0.2) is 14.5 Å². The molecule has 4 rings (SSSR count). The van der Waals surface area contributed by atoms with Crippen molar-refractivity contribution in [2.24, 2.45) is 0 Å². The van der Waals surface area contributed by atoms with E-state index in [1.54, 1.807) is 0 Å². The highest BCUT2D eigenvalue weighted by molar-refractivity contribution is 5.70. The van der Waals surface area contributed by atoms with Gasteiger partial charge < -0.3 is 25.4 Å². The molecule has 2 aromatic rings. The predicted molar refractivity (Wildman–Crippen MR) is 151 cm³/mol. The number of nitrogens with one attached hydrogen (secondary N) is 2. The zero-order valence-electron chi connectivity index (χ0n) is 23.6. The van der Waals surface area contributed by atoms with Crippen LogP contribution < -0.4 is 10.6 Å². The number of amides is 1. The standard InChI is InChI=1S/C29H44N6O3/c1-28(2,3)35-26(19-24(33-35)29(4)13-6-7-14-29)32-25-10-9-22(21-11-16-34(5)17-12-21)23(31-25)20-38-18-8-15-30-27(36)37/h9-11,19,30H,6-8,12-18,20H2,1-5H3,(H,31,32)(H,36,37). The molecule has 0 spiro atoms. The van der Waals surface area contributed by atoms with Crippen LogP contribution in [0.1, 0.15) is 83.2 Å². The number of likely N-dealkylation sites (N-methyl/N-ethyl adjacent to an activating group) is 1. The summed E-state index contributed by atoms with van der Waals surface area (Å²) < 4.78 is 8.03. The first-order chi connectivity index (χ1) is 18.0. The van der Waals surface area contributed by atoms with Gasteiger partial charge in [-0.1, -0.05) is 25.8 Å². The van der Waals surface area contributed by atoms with Crippen molar-refractivity contribution < 1.29 is 14.6 Å². The van der Waals surface area contributed by atoms with Crippen molar-refractivity contribution in [1.82, 2.24) is 25.0 Å². The van der Waals surface area contributed by atoms with Gasteiger partial charge in [-0.2, -0.15) is 5.10 Å². The monoisotopic (exact) mass is 524 g/mol. The van der Waals surface area contributed by atoms with Crippen molar-refractivity contribution >= 4 is 23.3 Å². The molecule has 9 heteroatoms. The summed E-state index contributed by atoms with van der Waals surface area (Å²) in [5.41, 5.74) is 4.41. The fraction of sp³-hybridized carbons (Fsp3) is 0.621. The Morgan fingerprint density at radius 2 is 2.00 bits per heavy atom. The van der Waals surface area contributed by atoms with Crippen LogP contribution in [0.4, 0.5) is 16.4 Å². The van der Waals surface area contributed by atoms with Gasteiger partial charge in [-0.05, 0) is 71.2 Å². The Kier molecular flexibility index (Phi) is 8.78. The molecule has 1 aliphatic carbocycles. The average molecular weight is 525 g/mol. The molecule has 0 atom stereocenters. The second-order valence-electron chi connectivity index (χ2n) is 12.0. The van der Waals surface area contributed by atoms with Crippen LogP contribution in [0.5, 0.6) is 0 Å². The molecule has 2 aromatic heterocycles. The summed E-state index contributed by atoms with van der Waals surface area (Å²) >= 11 is 0. The molecule has 1 aliphatic heterocycles. The maximum atomic E-state index is 10.7. The topological polar surface area (TPSA) is 105 Å². The van der Waals surface area contributed by atoms with E-state index in [-0.39, 0.29) is 11.0 Å².